The van der Waals surface area contributed by atoms with Crippen LogP contribution in [-0.4, -0.2) is 9.78 Å². The topological polar surface area (TPSA) is 31.0 Å². The highest BCUT2D eigenvalue weighted by atomic mass is 16.3. The third-order valence-electron chi connectivity index (χ3n) is 1.73. The number of aryl methyl sites for hydroxylation is 2. The number of aromatic nitrogens is 2. The summed E-state index contributed by atoms with van der Waals surface area (Å²) in [6, 6.07) is 3.90. The number of rotatable bonds is 1. The molecule has 0 aliphatic heterocycles. The fourth-order valence-corrected chi connectivity index (χ4v) is 1.14. The van der Waals surface area contributed by atoms with Crippen molar-refractivity contribution in [2.75, 3.05) is 0 Å². The molecule has 3 heteroatoms. The van der Waals surface area contributed by atoms with Gasteiger partial charge in [0.25, 0.3) is 0 Å². The van der Waals surface area contributed by atoms with Gasteiger partial charge in [-0.1, -0.05) is 0 Å². The molecule has 2 heterocycles. The second kappa shape index (κ2) is 2.52. The van der Waals surface area contributed by atoms with Crippen molar-refractivity contribution in [3.63, 3.8) is 0 Å². The van der Waals surface area contributed by atoms with Crippen LogP contribution in [0.2, 0.25) is 0 Å². The van der Waals surface area contributed by atoms with Crippen molar-refractivity contribution in [3.05, 3.63) is 30.3 Å². The third kappa shape index (κ3) is 1.13. The van der Waals surface area contributed by atoms with Gasteiger partial charge in [-0.05, 0) is 19.1 Å². The van der Waals surface area contributed by atoms with E-state index in [0.29, 0.717) is 0 Å². The SMILES string of the molecule is Cc1ccc(-c2cnn(C)c2)o1. The van der Waals surface area contributed by atoms with Crippen molar-refractivity contribution >= 4 is 0 Å². The smallest absolute Gasteiger partial charge is 0.137 e. The van der Waals surface area contributed by atoms with Gasteiger partial charge < -0.3 is 4.42 Å². The Kier molecular flexibility index (Phi) is 1.50. The predicted octanol–water partition coefficient (Wildman–Crippen LogP) is 1.99. The number of nitrogens with zero attached hydrogens (tertiary/aromatic N) is 2. The normalized spacial score (nSPS) is 10.5. The molecule has 0 aromatic carbocycles. The second-order valence-corrected chi connectivity index (χ2v) is 2.81. The van der Waals surface area contributed by atoms with Gasteiger partial charge in [-0.2, -0.15) is 5.10 Å². The molecule has 12 heavy (non-hydrogen) atoms. The van der Waals surface area contributed by atoms with Crippen LogP contribution in [0, 0.1) is 6.92 Å². The molecule has 0 saturated heterocycles. The van der Waals surface area contributed by atoms with E-state index in [1.54, 1.807) is 10.9 Å². The highest BCUT2D eigenvalue weighted by Crippen LogP contribution is 2.20. The summed E-state index contributed by atoms with van der Waals surface area (Å²) in [6.07, 6.45) is 3.72. The summed E-state index contributed by atoms with van der Waals surface area (Å²) in [5.41, 5.74) is 1.02. The standard InChI is InChI=1S/C9H10N2O/c1-7-3-4-9(12-7)8-5-10-11(2)6-8/h3-6H,1-2H3. The quantitative estimate of drug-likeness (QED) is 0.642. The van der Waals surface area contributed by atoms with Gasteiger partial charge in [0.1, 0.15) is 11.5 Å². The van der Waals surface area contributed by atoms with Crippen LogP contribution in [0.5, 0.6) is 0 Å². The maximum Gasteiger partial charge on any atom is 0.137 e. The first-order valence-electron chi connectivity index (χ1n) is 3.81. The van der Waals surface area contributed by atoms with Gasteiger partial charge in [0.05, 0.1) is 11.8 Å². The first-order valence-corrected chi connectivity index (χ1v) is 3.81. The second-order valence-electron chi connectivity index (χ2n) is 2.81. The summed E-state index contributed by atoms with van der Waals surface area (Å²) in [4.78, 5) is 0. The monoisotopic (exact) mass is 162 g/mol. The molecule has 0 saturated carbocycles. The summed E-state index contributed by atoms with van der Waals surface area (Å²) in [7, 11) is 1.89. The maximum atomic E-state index is 5.43. The Morgan fingerprint density at radius 2 is 2.25 bits per heavy atom. The van der Waals surface area contributed by atoms with Crippen LogP contribution in [0.1, 0.15) is 5.76 Å². The van der Waals surface area contributed by atoms with Crippen molar-refractivity contribution < 1.29 is 4.42 Å². The van der Waals surface area contributed by atoms with E-state index in [9.17, 15) is 0 Å². The molecule has 0 radical (unpaired) electrons. The summed E-state index contributed by atoms with van der Waals surface area (Å²) < 4.78 is 7.19. The van der Waals surface area contributed by atoms with Crippen LogP contribution in [-0.2, 0) is 7.05 Å². The summed E-state index contributed by atoms with van der Waals surface area (Å²) in [5, 5.41) is 4.06. The molecule has 0 amide bonds. The van der Waals surface area contributed by atoms with E-state index in [1.807, 2.05) is 32.3 Å². The molecule has 0 aliphatic rings. The molecule has 0 unspecified atom stereocenters. The zero-order chi connectivity index (χ0) is 8.55. The lowest BCUT2D eigenvalue weighted by Crippen LogP contribution is -1.83. The van der Waals surface area contributed by atoms with E-state index in [-0.39, 0.29) is 0 Å². The van der Waals surface area contributed by atoms with Gasteiger partial charge in [-0.25, -0.2) is 0 Å². The molecule has 62 valence electrons. The molecule has 0 aliphatic carbocycles. The maximum absolute atomic E-state index is 5.43. The molecule has 2 rings (SSSR count). The highest BCUT2D eigenvalue weighted by Gasteiger charge is 2.03. The number of furan rings is 1. The first-order chi connectivity index (χ1) is 5.75. The molecule has 3 nitrogen and oxygen atoms in total. The molecule has 0 atom stereocenters. The van der Waals surface area contributed by atoms with Crippen LogP contribution in [0.3, 0.4) is 0 Å². The van der Waals surface area contributed by atoms with Crippen LogP contribution < -0.4 is 0 Å². The molecule has 0 spiro atoms. The highest BCUT2D eigenvalue weighted by molar-refractivity contribution is 5.54. The lowest BCUT2D eigenvalue weighted by Gasteiger charge is -1.87. The number of hydrogen-bond acceptors (Lipinski definition) is 2. The van der Waals surface area contributed by atoms with E-state index in [2.05, 4.69) is 5.10 Å². The van der Waals surface area contributed by atoms with E-state index >= 15 is 0 Å². The van der Waals surface area contributed by atoms with E-state index < -0.39 is 0 Å². The average molecular weight is 162 g/mol. The first kappa shape index (κ1) is 7.16. The van der Waals surface area contributed by atoms with E-state index in [1.165, 1.54) is 0 Å². The van der Waals surface area contributed by atoms with Gasteiger partial charge in [-0.15, -0.1) is 0 Å². The van der Waals surface area contributed by atoms with Gasteiger partial charge in [0.15, 0.2) is 0 Å². The summed E-state index contributed by atoms with van der Waals surface area (Å²) in [5.74, 6) is 1.80. The average Bonchev–Trinajstić information content (AvgIpc) is 2.58. The van der Waals surface area contributed by atoms with E-state index in [0.717, 1.165) is 17.1 Å². The summed E-state index contributed by atoms with van der Waals surface area (Å²) >= 11 is 0. The Bertz CT molecular complexity index is 348. The van der Waals surface area contributed by atoms with Gasteiger partial charge in [-0.3, -0.25) is 4.68 Å². The van der Waals surface area contributed by atoms with Gasteiger partial charge in [0.2, 0.25) is 0 Å². The minimum Gasteiger partial charge on any atom is -0.461 e. The molecule has 0 N–H and O–H groups in total. The number of hydrogen-bond donors (Lipinski definition) is 0. The van der Waals surface area contributed by atoms with Crippen LogP contribution >= 0.6 is 0 Å². The molecule has 2 aromatic rings. The van der Waals surface area contributed by atoms with Crippen molar-refractivity contribution in [2.24, 2.45) is 7.05 Å². The minimum atomic E-state index is 0.876. The Morgan fingerprint density at radius 1 is 1.42 bits per heavy atom. The van der Waals surface area contributed by atoms with Crippen molar-refractivity contribution in [1.29, 1.82) is 0 Å². The minimum absolute atomic E-state index is 0.876. The Hall–Kier alpha value is -1.51. The van der Waals surface area contributed by atoms with Crippen molar-refractivity contribution in [2.45, 2.75) is 6.92 Å². The molecule has 0 bridgehead atoms. The van der Waals surface area contributed by atoms with Crippen LogP contribution in [0.4, 0.5) is 0 Å². The van der Waals surface area contributed by atoms with E-state index in [4.69, 9.17) is 4.42 Å². The fraction of sp³-hybridized carbons (Fsp3) is 0.222. The lowest BCUT2D eigenvalue weighted by molar-refractivity contribution is 0.548. The zero-order valence-electron chi connectivity index (χ0n) is 7.11. The van der Waals surface area contributed by atoms with Crippen molar-refractivity contribution in [3.8, 4) is 11.3 Å². The zero-order valence-corrected chi connectivity index (χ0v) is 7.11. The Labute approximate surface area is 70.6 Å². The Morgan fingerprint density at radius 3 is 2.75 bits per heavy atom. The molecular formula is C9H10N2O. The van der Waals surface area contributed by atoms with Crippen molar-refractivity contribution in [1.82, 2.24) is 9.78 Å². The fourth-order valence-electron chi connectivity index (χ4n) is 1.14. The van der Waals surface area contributed by atoms with Gasteiger partial charge >= 0.3 is 0 Å². The molecule has 2 aromatic heterocycles. The van der Waals surface area contributed by atoms with Gasteiger partial charge in [0, 0.05) is 13.2 Å². The predicted molar refractivity (Wildman–Crippen MR) is 45.6 cm³/mol. The molecular weight excluding hydrogens is 152 g/mol. The Balaban J connectivity index is 2.43. The molecule has 0 fully saturated rings. The van der Waals surface area contributed by atoms with Crippen LogP contribution in [0.25, 0.3) is 11.3 Å². The third-order valence-corrected chi connectivity index (χ3v) is 1.73. The summed E-state index contributed by atoms with van der Waals surface area (Å²) in [6.45, 7) is 1.93. The van der Waals surface area contributed by atoms with Crippen LogP contribution in [0.15, 0.2) is 28.9 Å². The largest absolute Gasteiger partial charge is 0.461 e. The lowest BCUT2D eigenvalue weighted by atomic mass is 10.3.